The number of ether oxygens (including phenoxy) is 1. The molecule has 2 rings (SSSR count). The molecule has 1 atom stereocenters. The molecule has 0 aliphatic heterocycles. The lowest BCUT2D eigenvalue weighted by Gasteiger charge is -2.18. The highest BCUT2D eigenvalue weighted by Crippen LogP contribution is 2.28. The average Bonchev–Trinajstić information content (AvgIpc) is 2.58. The first-order chi connectivity index (χ1) is 13.2. The molecule has 5 nitrogen and oxygen atoms in total. The molecule has 28 heavy (non-hydrogen) atoms. The monoisotopic (exact) mass is 446 g/mol. The summed E-state index contributed by atoms with van der Waals surface area (Å²) in [4.78, 5) is 24.3. The summed E-state index contributed by atoms with van der Waals surface area (Å²) in [7, 11) is 0. The number of hydrogen-bond donors (Lipinski definition) is 2. The summed E-state index contributed by atoms with van der Waals surface area (Å²) in [5.41, 5.74) is 3.28. The van der Waals surface area contributed by atoms with E-state index in [1.807, 2.05) is 39.8 Å². The summed E-state index contributed by atoms with van der Waals surface area (Å²) in [6, 6.07) is 11.0. The Kier molecular flexibility index (Phi) is 7.63. The van der Waals surface area contributed by atoms with Crippen LogP contribution in [0.15, 0.2) is 40.9 Å². The van der Waals surface area contributed by atoms with Gasteiger partial charge in [0.15, 0.2) is 6.10 Å². The summed E-state index contributed by atoms with van der Waals surface area (Å²) in [5.74, 6) is 0.763. The minimum Gasteiger partial charge on any atom is -0.480 e. The molecule has 0 saturated heterocycles. The fourth-order valence-electron chi connectivity index (χ4n) is 2.78. The fraction of sp³-hybridized carbons (Fsp3) is 0.364. The number of aryl methyl sites for hydroxylation is 2. The van der Waals surface area contributed by atoms with E-state index in [0.29, 0.717) is 29.5 Å². The van der Waals surface area contributed by atoms with Gasteiger partial charge in [-0.05, 0) is 74.2 Å². The molecule has 2 amide bonds. The predicted octanol–water partition coefficient (Wildman–Crippen LogP) is 5.46. The number of anilines is 2. The van der Waals surface area contributed by atoms with Crippen molar-refractivity contribution >= 4 is 39.1 Å². The molecule has 2 N–H and O–H groups in total. The molecule has 0 aromatic heterocycles. The number of carbonyl (C=O) groups excluding carboxylic acids is 2. The van der Waals surface area contributed by atoms with Gasteiger partial charge in [-0.1, -0.05) is 29.8 Å². The van der Waals surface area contributed by atoms with Gasteiger partial charge in [0.2, 0.25) is 5.91 Å². The summed E-state index contributed by atoms with van der Waals surface area (Å²) < 4.78 is 6.87. The molecule has 0 aliphatic carbocycles. The van der Waals surface area contributed by atoms with Crippen molar-refractivity contribution in [3.05, 3.63) is 52.0 Å². The summed E-state index contributed by atoms with van der Waals surface area (Å²) in [5, 5.41) is 5.69. The van der Waals surface area contributed by atoms with Gasteiger partial charge in [0.25, 0.3) is 5.91 Å². The summed E-state index contributed by atoms with van der Waals surface area (Å²) >= 11 is 3.46. The van der Waals surface area contributed by atoms with Gasteiger partial charge in [-0.3, -0.25) is 9.59 Å². The van der Waals surface area contributed by atoms with Crippen molar-refractivity contribution in [3.63, 3.8) is 0 Å². The lowest BCUT2D eigenvalue weighted by atomic mass is 10.1. The van der Waals surface area contributed by atoms with Gasteiger partial charge in [0.05, 0.1) is 0 Å². The number of carbonyl (C=O) groups is 2. The second-order valence-corrected chi connectivity index (χ2v) is 8.26. The van der Waals surface area contributed by atoms with Crippen LogP contribution in [0.3, 0.4) is 0 Å². The van der Waals surface area contributed by atoms with Crippen molar-refractivity contribution in [1.82, 2.24) is 0 Å². The maximum absolute atomic E-state index is 12.5. The van der Waals surface area contributed by atoms with E-state index in [1.54, 1.807) is 31.2 Å². The van der Waals surface area contributed by atoms with Crippen molar-refractivity contribution in [2.24, 2.45) is 5.92 Å². The van der Waals surface area contributed by atoms with Crippen molar-refractivity contribution in [1.29, 1.82) is 0 Å². The Bertz CT molecular complexity index is 824. The molecule has 150 valence electrons. The Balaban J connectivity index is 1.96. The second-order valence-electron chi connectivity index (χ2n) is 7.34. The third-order valence-electron chi connectivity index (χ3n) is 4.12. The Morgan fingerprint density at radius 3 is 1.96 bits per heavy atom. The zero-order valence-electron chi connectivity index (χ0n) is 16.9. The first-order valence-corrected chi connectivity index (χ1v) is 10.1. The molecule has 1 unspecified atom stereocenters. The number of amides is 2. The van der Waals surface area contributed by atoms with Crippen molar-refractivity contribution < 1.29 is 14.3 Å². The number of benzene rings is 2. The largest absolute Gasteiger partial charge is 0.480 e. The number of halogens is 1. The normalized spacial score (nSPS) is 11.8. The number of nitrogens with one attached hydrogen (secondary N) is 2. The van der Waals surface area contributed by atoms with Crippen LogP contribution in [0.4, 0.5) is 11.4 Å². The van der Waals surface area contributed by atoms with E-state index in [4.69, 9.17) is 4.74 Å². The van der Waals surface area contributed by atoms with E-state index < -0.39 is 6.10 Å². The van der Waals surface area contributed by atoms with Crippen LogP contribution in [0, 0.1) is 19.8 Å². The molecule has 0 heterocycles. The van der Waals surface area contributed by atoms with Crippen molar-refractivity contribution in [2.45, 2.75) is 47.1 Å². The van der Waals surface area contributed by atoms with E-state index in [0.717, 1.165) is 15.6 Å². The van der Waals surface area contributed by atoms with Crippen LogP contribution in [-0.4, -0.2) is 17.9 Å². The summed E-state index contributed by atoms with van der Waals surface area (Å²) in [6.07, 6.45) is -0.175. The predicted molar refractivity (Wildman–Crippen MR) is 117 cm³/mol. The highest BCUT2D eigenvalue weighted by molar-refractivity contribution is 9.10. The third kappa shape index (κ3) is 6.37. The minimum atomic E-state index is -0.649. The van der Waals surface area contributed by atoms with Crippen molar-refractivity contribution in [3.8, 4) is 5.75 Å². The van der Waals surface area contributed by atoms with Gasteiger partial charge in [0, 0.05) is 22.3 Å². The molecule has 6 heteroatoms. The maximum Gasteiger partial charge on any atom is 0.265 e. The van der Waals surface area contributed by atoms with Gasteiger partial charge in [0.1, 0.15) is 5.75 Å². The van der Waals surface area contributed by atoms with E-state index >= 15 is 0 Å². The summed E-state index contributed by atoms with van der Waals surface area (Å²) in [6.45, 7) is 9.61. The first-order valence-electron chi connectivity index (χ1n) is 9.30. The van der Waals surface area contributed by atoms with Crippen LogP contribution in [0.1, 0.15) is 38.3 Å². The smallest absolute Gasteiger partial charge is 0.265 e. The molecule has 0 radical (unpaired) electrons. The Morgan fingerprint density at radius 2 is 1.46 bits per heavy atom. The highest BCUT2D eigenvalue weighted by atomic mass is 79.9. The SMILES string of the molecule is Cc1cc(Br)cc(C)c1OC(C)C(=O)Nc1ccc(NC(=O)CC(C)C)cc1. The molecule has 0 saturated carbocycles. The van der Waals surface area contributed by atoms with Crippen LogP contribution in [-0.2, 0) is 9.59 Å². The molecule has 0 fully saturated rings. The van der Waals surface area contributed by atoms with Crippen LogP contribution >= 0.6 is 15.9 Å². The van der Waals surface area contributed by atoms with Gasteiger partial charge in [-0.15, -0.1) is 0 Å². The van der Waals surface area contributed by atoms with Crippen LogP contribution in [0.25, 0.3) is 0 Å². The average molecular weight is 447 g/mol. The quantitative estimate of drug-likeness (QED) is 0.593. The van der Waals surface area contributed by atoms with Gasteiger partial charge in [-0.2, -0.15) is 0 Å². The topological polar surface area (TPSA) is 67.4 Å². The second kappa shape index (κ2) is 9.73. The van der Waals surface area contributed by atoms with Crippen molar-refractivity contribution in [2.75, 3.05) is 10.6 Å². The Labute approximate surface area is 175 Å². The van der Waals surface area contributed by atoms with Crippen LogP contribution in [0.2, 0.25) is 0 Å². The molecule has 0 spiro atoms. The number of hydrogen-bond acceptors (Lipinski definition) is 3. The first kappa shape index (κ1) is 22.0. The highest BCUT2D eigenvalue weighted by Gasteiger charge is 2.17. The molecular weight excluding hydrogens is 420 g/mol. The van der Waals surface area contributed by atoms with Gasteiger partial charge >= 0.3 is 0 Å². The third-order valence-corrected chi connectivity index (χ3v) is 4.58. The van der Waals surface area contributed by atoms with Crippen LogP contribution < -0.4 is 15.4 Å². The number of rotatable bonds is 7. The lowest BCUT2D eigenvalue weighted by molar-refractivity contribution is -0.122. The van der Waals surface area contributed by atoms with E-state index in [-0.39, 0.29) is 11.8 Å². The Morgan fingerprint density at radius 1 is 0.964 bits per heavy atom. The molecule has 0 bridgehead atoms. The van der Waals surface area contributed by atoms with Gasteiger partial charge < -0.3 is 15.4 Å². The fourth-order valence-corrected chi connectivity index (χ4v) is 3.46. The van der Waals surface area contributed by atoms with E-state index in [2.05, 4.69) is 26.6 Å². The Hall–Kier alpha value is -2.34. The standard InChI is InChI=1S/C22H27BrN2O3/c1-13(2)10-20(26)24-18-6-8-19(9-7-18)25-22(27)16(5)28-21-14(3)11-17(23)12-15(21)4/h6-9,11-13,16H,10H2,1-5H3,(H,24,26)(H,25,27). The molecule has 2 aromatic rings. The maximum atomic E-state index is 12.5. The van der Waals surface area contributed by atoms with E-state index in [9.17, 15) is 9.59 Å². The minimum absolute atomic E-state index is 0.0194. The zero-order valence-corrected chi connectivity index (χ0v) is 18.5. The molecular formula is C22H27BrN2O3. The van der Waals surface area contributed by atoms with Crippen LogP contribution in [0.5, 0.6) is 5.75 Å². The molecule has 0 aliphatic rings. The molecule has 2 aromatic carbocycles. The van der Waals surface area contributed by atoms with Gasteiger partial charge in [-0.25, -0.2) is 0 Å². The van der Waals surface area contributed by atoms with E-state index in [1.165, 1.54) is 0 Å². The zero-order chi connectivity index (χ0) is 20.8. The lowest BCUT2D eigenvalue weighted by Crippen LogP contribution is -2.30.